The molecule has 0 aliphatic rings. The second-order valence-corrected chi connectivity index (χ2v) is 4.71. The molecule has 0 radical (unpaired) electrons. The number of benzene rings is 1. The highest BCUT2D eigenvalue weighted by atomic mass is 16.4. The molecule has 4 N–H and O–H groups in total. The van der Waals surface area contributed by atoms with Crippen molar-refractivity contribution < 1.29 is 15.0 Å². The van der Waals surface area contributed by atoms with Crippen LogP contribution in [0.4, 0.5) is 0 Å². The fraction of sp³-hybridized carbons (Fsp3) is 0.500. The van der Waals surface area contributed by atoms with Crippen LogP contribution in [0, 0.1) is 0 Å². The smallest absolute Gasteiger partial charge is 0.312 e. The van der Waals surface area contributed by atoms with Gasteiger partial charge >= 0.3 is 5.97 Å². The van der Waals surface area contributed by atoms with Crippen LogP contribution in [0.5, 0.6) is 5.75 Å². The van der Waals surface area contributed by atoms with Gasteiger partial charge in [-0.3, -0.25) is 4.79 Å². The third kappa shape index (κ3) is 2.64. The van der Waals surface area contributed by atoms with Crippen molar-refractivity contribution in [2.24, 2.45) is 5.73 Å². The highest BCUT2D eigenvalue weighted by molar-refractivity contribution is 5.78. The van der Waals surface area contributed by atoms with Crippen LogP contribution in [0.1, 0.15) is 49.3 Å². The van der Waals surface area contributed by atoms with E-state index < -0.39 is 11.9 Å². The number of carboxylic acids is 1. The van der Waals surface area contributed by atoms with Crippen molar-refractivity contribution >= 4 is 5.97 Å². The molecule has 18 heavy (non-hydrogen) atoms. The van der Waals surface area contributed by atoms with E-state index in [1.54, 1.807) is 0 Å². The Morgan fingerprint density at radius 1 is 1.39 bits per heavy atom. The number of phenols is 1. The first-order valence-electron chi connectivity index (χ1n) is 6.21. The molecular formula is C14H21NO3. The lowest BCUT2D eigenvalue weighted by Gasteiger charge is -2.21. The van der Waals surface area contributed by atoms with Gasteiger partial charge in [0.05, 0.1) is 5.92 Å². The van der Waals surface area contributed by atoms with E-state index in [2.05, 4.69) is 0 Å². The minimum Gasteiger partial charge on any atom is -0.507 e. The highest BCUT2D eigenvalue weighted by Gasteiger charge is 2.26. The Morgan fingerprint density at radius 2 is 2.00 bits per heavy atom. The molecule has 0 bridgehead atoms. The molecule has 100 valence electrons. The summed E-state index contributed by atoms with van der Waals surface area (Å²) in [6.07, 6.45) is 0.661. The number of aryl methyl sites for hydroxylation is 1. The van der Waals surface area contributed by atoms with Crippen LogP contribution in [0.3, 0.4) is 0 Å². The van der Waals surface area contributed by atoms with E-state index in [1.165, 1.54) is 0 Å². The van der Waals surface area contributed by atoms with Gasteiger partial charge in [-0.05, 0) is 23.5 Å². The topological polar surface area (TPSA) is 83.6 Å². The lowest BCUT2D eigenvalue weighted by molar-refractivity contribution is -0.138. The average Bonchev–Trinajstić information content (AvgIpc) is 2.31. The van der Waals surface area contributed by atoms with Gasteiger partial charge in [-0.25, -0.2) is 0 Å². The van der Waals surface area contributed by atoms with Gasteiger partial charge in [0.25, 0.3) is 0 Å². The summed E-state index contributed by atoms with van der Waals surface area (Å²) in [6, 6.07) is 3.74. The normalized spacial score (nSPS) is 12.7. The molecule has 0 amide bonds. The van der Waals surface area contributed by atoms with Crippen LogP contribution >= 0.6 is 0 Å². The predicted molar refractivity (Wildman–Crippen MR) is 71.0 cm³/mol. The SMILES string of the molecule is CCc1ccc(C(C)C)c(C(CN)C(=O)O)c1O. The van der Waals surface area contributed by atoms with Gasteiger partial charge in [0.1, 0.15) is 5.75 Å². The monoisotopic (exact) mass is 251 g/mol. The van der Waals surface area contributed by atoms with Gasteiger partial charge in [0.15, 0.2) is 0 Å². The van der Waals surface area contributed by atoms with E-state index in [0.717, 1.165) is 11.1 Å². The number of carboxylic acid groups (broad SMARTS) is 1. The Bertz CT molecular complexity index is 441. The summed E-state index contributed by atoms with van der Waals surface area (Å²) in [6.45, 7) is 5.85. The zero-order valence-electron chi connectivity index (χ0n) is 11.1. The third-order valence-corrected chi connectivity index (χ3v) is 3.22. The molecule has 1 aromatic carbocycles. The molecule has 0 aliphatic carbocycles. The molecule has 0 heterocycles. The number of rotatable bonds is 5. The molecule has 0 saturated heterocycles. The minimum absolute atomic E-state index is 0.0181. The van der Waals surface area contributed by atoms with Gasteiger partial charge in [-0.2, -0.15) is 0 Å². The molecular weight excluding hydrogens is 230 g/mol. The van der Waals surface area contributed by atoms with E-state index in [9.17, 15) is 15.0 Å². The fourth-order valence-electron chi connectivity index (χ4n) is 2.17. The molecule has 1 rings (SSSR count). The maximum Gasteiger partial charge on any atom is 0.312 e. The Balaban J connectivity index is 3.49. The molecule has 4 nitrogen and oxygen atoms in total. The van der Waals surface area contributed by atoms with Crippen molar-refractivity contribution in [2.45, 2.75) is 39.0 Å². The first-order valence-corrected chi connectivity index (χ1v) is 6.21. The lowest BCUT2D eigenvalue weighted by Crippen LogP contribution is -2.23. The summed E-state index contributed by atoms with van der Waals surface area (Å²) in [5.41, 5.74) is 7.62. The minimum atomic E-state index is -0.997. The second kappa shape index (κ2) is 5.87. The van der Waals surface area contributed by atoms with Crippen LogP contribution in [-0.4, -0.2) is 22.7 Å². The quantitative estimate of drug-likeness (QED) is 0.749. The number of nitrogens with two attached hydrogens (primary N) is 1. The first-order chi connectivity index (χ1) is 8.43. The molecule has 0 aliphatic heterocycles. The number of hydrogen-bond acceptors (Lipinski definition) is 3. The lowest BCUT2D eigenvalue weighted by atomic mass is 9.86. The summed E-state index contributed by atoms with van der Waals surface area (Å²) in [4.78, 5) is 11.3. The van der Waals surface area contributed by atoms with Crippen LogP contribution in [0.15, 0.2) is 12.1 Å². The van der Waals surface area contributed by atoms with Gasteiger partial charge in [0.2, 0.25) is 0 Å². The average molecular weight is 251 g/mol. The fourth-order valence-corrected chi connectivity index (χ4v) is 2.17. The van der Waals surface area contributed by atoms with Gasteiger partial charge < -0.3 is 15.9 Å². The van der Waals surface area contributed by atoms with Crippen molar-refractivity contribution in [3.63, 3.8) is 0 Å². The number of hydrogen-bond donors (Lipinski definition) is 3. The van der Waals surface area contributed by atoms with Gasteiger partial charge in [-0.15, -0.1) is 0 Å². The van der Waals surface area contributed by atoms with Gasteiger partial charge in [-0.1, -0.05) is 32.9 Å². The zero-order chi connectivity index (χ0) is 13.9. The summed E-state index contributed by atoms with van der Waals surface area (Å²) in [5, 5.41) is 19.5. The molecule has 0 fully saturated rings. The summed E-state index contributed by atoms with van der Waals surface area (Å²) < 4.78 is 0. The maximum atomic E-state index is 11.3. The summed E-state index contributed by atoms with van der Waals surface area (Å²) in [7, 11) is 0. The zero-order valence-corrected chi connectivity index (χ0v) is 11.1. The number of phenolic OH excluding ortho intramolecular Hbond substituents is 1. The molecule has 4 heteroatoms. The van der Waals surface area contributed by atoms with Crippen LogP contribution in [0.25, 0.3) is 0 Å². The largest absolute Gasteiger partial charge is 0.507 e. The maximum absolute atomic E-state index is 11.3. The van der Waals surface area contributed by atoms with E-state index in [1.807, 2.05) is 32.9 Å². The van der Waals surface area contributed by atoms with E-state index in [-0.39, 0.29) is 18.2 Å². The molecule has 1 unspecified atom stereocenters. The summed E-state index contributed by atoms with van der Waals surface area (Å²) >= 11 is 0. The van der Waals surface area contributed by atoms with Gasteiger partial charge in [0, 0.05) is 12.1 Å². The molecule has 0 saturated carbocycles. The predicted octanol–water partition coefficient (Wildman–Crippen LogP) is 2.20. The Hall–Kier alpha value is -1.55. The van der Waals surface area contributed by atoms with Crippen molar-refractivity contribution in [1.29, 1.82) is 0 Å². The van der Waals surface area contributed by atoms with Crippen molar-refractivity contribution in [3.8, 4) is 5.75 Å². The number of aromatic hydroxyl groups is 1. The Kier molecular flexibility index (Phi) is 4.73. The van der Waals surface area contributed by atoms with Crippen molar-refractivity contribution in [1.82, 2.24) is 0 Å². The summed E-state index contributed by atoms with van der Waals surface area (Å²) in [5.74, 6) is -1.62. The Labute approximate surface area is 107 Å². The van der Waals surface area contributed by atoms with Crippen molar-refractivity contribution in [3.05, 3.63) is 28.8 Å². The van der Waals surface area contributed by atoms with E-state index in [4.69, 9.17) is 5.73 Å². The van der Waals surface area contributed by atoms with Crippen LogP contribution in [-0.2, 0) is 11.2 Å². The molecule has 0 aromatic heterocycles. The third-order valence-electron chi connectivity index (χ3n) is 3.22. The van der Waals surface area contributed by atoms with Crippen LogP contribution in [0.2, 0.25) is 0 Å². The molecule has 1 atom stereocenters. The molecule has 1 aromatic rings. The first kappa shape index (κ1) is 14.5. The van der Waals surface area contributed by atoms with Crippen LogP contribution < -0.4 is 5.73 Å². The van der Waals surface area contributed by atoms with E-state index >= 15 is 0 Å². The Morgan fingerprint density at radius 3 is 2.39 bits per heavy atom. The highest BCUT2D eigenvalue weighted by Crippen LogP contribution is 2.36. The number of carbonyl (C=O) groups is 1. The second-order valence-electron chi connectivity index (χ2n) is 4.71. The standard InChI is InChI=1S/C14H21NO3/c1-4-9-5-6-10(8(2)3)12(13(9)16)11(7-15)14(17)18/h5-6,8,11,16H,4,7,15H2,1-3H3,(H,17,18). The number of aliphatic carboxylic acids is 1. The van der Waals surface area contributed by atoms with Crippen molar-refractivity contribution in [2.75, 3.05) is 6.54 Å². The molecule has 0 spiro atoms. The van der Waals surface area contributed by atoms with E-state index in [0.29, 0.717) is 12.0 Å².